The van der Waals surface area contributed by atoms with Crippen LogP contribution in [0.25, 0.3) is 0 Å². The molecule has 19 heavy (non-hydrogen) atoms. The van der Waals surface area contributed by atoms with Crippen molar-refractivity contribution in [2.24, 2.45) is 11.8 Å². The number of nitrogen functional groups attached to an aromatic ring is 1. The fourth-order valence-corrected chi connectivity index (χ4v) is 3.30. The smallest absolute Gasteiger partial charge is 0.256 e. The Hall–Kier alpha value is -1.75. The minimum atomic E-state index is -0.288. The van der Waals surface area contributed by atoms with Gasteiger partial charge in [0, 0.05) is 24.7 Å². The van der Waals surface area contributed by atoms with Crippen LogP contribution >= 0.6 is 0 Å². The lowest BCUT2D eigenvalue weighted by atomic mass is 10.00. The van der Waals surface area contributed by atoms with Gasteiger partial charge in [-0.2, -0.15) is 0 Å². The van der Waals surface area contributed by atoms with E-state index in [1.165, 1.54) is 18.2 Å². The van der Waals surface area contributed by atoms with Crippen LogP contribution < -0.4 is 5.73 Å². The number of aliphatic hydroxyl groups is 1. The number of aliphatic hydroxyl groups excluding tert-OH is 1. The van der Waals surface area contributed by atoms with Crippen LogP contribution in [0.2, 0.25) is 0 Å². The van der Waals surface area contributed by atoms with Gasteiger partial charge in [-0.15, -0.1) is 0 Å². The number of nitrogens with zero attached hydrogens (tertiary/aromatic N) is 1. The minimum Gasteiger partial charge on any atom is -0.508 e. The normalized spacial score (nSPS) is 29.5. The molecule has 1 aromatic carbocycles. The van der Waals surface area contributed by atoms with Crippen molar-refractivity contribution in [3.05, 3.63) is 23.8 Å². The first-order valence-electron chi connectivity index (χ1n) is 6.62. The SMILES string of the molecule is Nc1ccc(O)cc1C(=O)N1CC2CCC(O)C2C1. The van der Waals surface area contributed by atoms with Gasteiger partial charge in [0.1, 0.15) is 5.75 Å². The Morgan fingerprint density at radius 1 is 1.32 bits per heavy atom. The molecule has 1 aliphatic heterocycles. The summed E-state index contributed by atoms with van der Waals surface area (Å²) in [6, 6.07) is 4.41. The van der Waals surface area contributed by atoms with Crippen molar-refractivity contribution >= 4 is 11.6 Å². The lowest BCUT2D eigenvalue weighted by Crippen LogP contribution is -2.31. The molecule has 2 aliphatic rings. The van der Waals surface area contributed by atoms with Gasteiger partial charge in [0.2, 0.25) is 0 Å². The van der Waals surface area contributed by atoms with Crippen molar-refractivity contribution in [3.63, 3.8) is 0 Å². The van der Waals surface area contributed by atoms with Gasteiger partial charge in [-0.05, 0) is 37.0 Å². The van der Waals surface area contributed by atoms with Crippen LogP contribution in [0.3, 0.4) is 0 Å². The summed E-state index contributed by atoms with van der Waals surface area (Å²) in [6.07, 6.45) is 1.53. The van der Waals surface area contributed by atoms with Gasteiger partial charge in [-0.25, -0.2) is 0 Å². The number of hydrogen-bond donors (Lipinski definition) is 3. The highest BCUT2D eigenvalue weighted by Crippen LogP contribution is 2.38. The maximum atomic E-state index is 12.4. The van der Waals surface area contributed by atoms with Gasteiger partial charge in [-0.1, -0.05) is 0 Å². The number of fused-ring (bicyclic) bond motifs is 1. The molecule has 3 rings (SSSR count). The lowest BCUT2D eigenvalue weighted by Gasteiger charge is -2.19. The van der Waals surface area contributed by atoms with Crippen LogP contribution in [-0.4, -0.2) is 40.2 Å². The first kappa shape index (κ1) is 12.3. The summed E-state index contributed by atoms with van der Waals surface area (Å²) < 4.78 is 0. The average Bonchev–Trinajstić information content (AvgIpc) is 2.94. The topological polar surface area (TPSA) is 86.8 Å². The second-order valence-corrected chi connectivity index (χ2v) is 5.55. The number of phenols is 1. The first-order valence-corrected chi connectivity index (χ1v) is 6.62. The molecular formula is C14H18N2O3. The van der Waals surface area contributed by atoms with Crippen LogP contribution in [-0.2, 0) is 0 Å². The molecule has 0 aromatic heterocycles. The number of anilines is 1. The van der Waals surface area contributed by atoms with Crippen LogP contribution in [0, 0.1) is 11.8 Å². The lowest BCUT2D eigenvalue weighted by molar-refractivity contribution is 0.0753. The second kappa shape index (κ2) is 4.42. The maximum absolute atomic E-state index is 12.4. The highest BCUT2D eigenvalue weighted by Gasteiger charge is 2.43. The molecule has 5 nitrogen and oxygen atoms in total. The number of nitrogens with two attached hydrogens (primary N) is 1. The number of aromatic hydroxyl groups is 1. The molecule has 5 heteroatoms. The van der Waals surface area contributed by atoms with E-state index in [0.29, 0.717) is 30.3 Å². The molecule has 1 aliphatic carbocycles. The molecule has 1 aromatic rings. The quantitative estimate of drug-likeness (QED) is 0.516. The Balaban J connectivity index is 1.80. The van der Waals surface area contributed by atoms with Crippen molar-refractivity contribution < 1.29 is 15.0 Å². The van der Waals surface area contributed by atoms with E-state index in [1.54, 1.807) is 4.90 Å². The Bertz CT molecular complexity index is 517. The van der Waals surface area contributed by atoms with E-state index in [4.69, 9.17) is 5.73 Å². The van der Waals surface area contributed by atoms with Gasteiger partial charge in [-0.3, -0.25) is 4.79 Å². The van der Waals surface area contributed by atoms with E-state index in [0.717, 1.165) is 12.8 Å². The van der Waals surface area contributed by atoms with Gasteiger partial charge in [0.15, 0.2) is 0 Å². The largest absolute Gasteiger partial charge is 0.508 e. The molecule has 102 valence electrons. The molecule has 0 radical (unpaired) electrons. The minimum absolute atomic E-state index is 0.0389. The van der Waals surface area contributed by atoms with Crippen molar-refractivity contribution in [1.82, 2.24) is 4.90 Å². The molecule has 1 saturated carbocycles. The third kappa shape index (κ3) is 2.04. The van der Waals surface area contributed by atoms with E-state index in [-0.39, 0.29) is 23.7 Å². The summed E-state index contributed by atoms with van der Waals surface area (Å²) in [5.74, 6) is 0.479. The molecule has 1 heterocycles. The number of phenolic OH excluding ortho intramolecular Hbond substituents is 1. The number of carbonyl (C=O) groups excluding carboxylic acids is 1. The summed E-state index contributed by atoms with van der Waals surface area (Å²) in [6.45, 7) is 1.26. The van der Waals surface area contributed by atoms with Crippen LogP contribution in [0.5, 0.6) is 5.75 Å². The van der Waals surface area contributed by atoms with Crippen LogP contribution in [0.15, 0.2) is 18.2 Å². The van der Waals surface area contributed by atoms with E-state index in [9.17, 15) is 15.0 Å². The Morgan fingerprint density at radius 2 is 2.11 bits per heavy atom. The fraction of sp³-hybridized carbons (Fsp3) is 0.500. The molecule has 0 bridgehead atoms. The van der Waals surface area contributed by atoms with E-state index in [2.05, 4.69) is 0 Å². The Labute approximate surface area is 111 Å². The zero-order valence-corrected chi connectivity index (χ0v) is 10.6. The van der Waals surface area contributed by atoms with Crippen molar-refractivity contribution in [2.75, 3.05) is 18.8 Å². The van der Waals surface area contributed by atoms with E-state index >= 15 is 0 Å². The summed E-state index contributed by atoms with van der Waals surface area (Å²) >= 11 is 0. The van der Waals surface area contributed by atoms with Gasteiger partial charge >= 0.3 is 0 Å². The molecule has 1 saturated heterocycles. The predicted octanol–water partition coefficient (Wildman–Crippen LogP) is 0.817. The van der Waals surface area contributed by atoms with E-state index in [1.807, 2.05) is 0 Å². The zero-order chi connectivity index (χ0) is 13.6. The summed E-state index contributed by atoms with van der Waals surface area (Å²) in [4.78, 5) is 14.1. The maximum Gasteiger partial charge on any atom is 0.256 e. The van der Waals surface area contributed by atoms with Crippen LogP contribution in [0.4, 0.5) is 5.69 Å². The molecule has 1 amide bonds. The molecular weight excluding hydrogens is 244 g/mol. The van der Waals surface area contributed by atoms with Crippen molar-refractivity contribution in [2.45, 2.75) is 18.9 Å². The Kier molecular flexibility index (Phi) is 2.86. The van der Waals surface area contributed by atoms with Gasteiger partial charge in [0.25, 0.3) is 5.91 Å². The van der Waals surface area contributed by atoms with Gasteiger partial charge in [0.05, 0.1) is 11.7 Å². The number of carbonyl (C=O) groups is 1. The number of benzene rings is 1. The standard InChI is InChI=1S/C14H18N2O3/c15-12-3-2-9(17)5-10(12)14(19)16-6-8-1-4-13(18)11(8)7-16/h2-3,5,8,11,13,17-18H,1,4,6-7,15H2. The number of hydrogen-bond acceptors (Lipinski definition) is 4. The number of amides is 1. The monoisotopic (exact) mass is 262 g/mol. The summed E-state index contributed by atoms with van der Waals surface area (Å²) in [5, 5.41) is 19.3. The highest BCUT2D eigenvalue weighted by molar-refractivity contribution is 5.99. The van der Waals surface area contributed by atoms with Crippen molar-refractivity contribution in [3.8, 4) is 5.75 Å². The molecule has 3 unspecified atom stereocenters. The predicted molar refractivity (Wildman–Crippen MR) is 70.6 cm³/mol. The van der Waals surface area contributed by atoms with Crippen LogP contribution in [0.1, 0.15) is 23.2 Å². The zero-order valence-electron chi connectivity index (χ0n) is 10.6. The fourth-order valence-electron chi connectivity index (χ4n) is 3.30. The number of likely N-dealkylation sites (tertiary alicyclic amines) is 1. The average molecular weight is 262 g/mol. The second-order valence-electron chi connectivity index (χ2n) is 5.55. The summed E-state index contributed by atoms with van der Waals surface area (Å²) in [7, 11) is 0. The molecule has 4 N–H and O–H groups in total. The first-order chi connectivity index (χ1) is 9.06. The van der Waals surface area contributed by atoms with E-state index < -0.39 is 0 Å². The molecule has 3 atom stereocenters. The third-order valence-electron chi connectivity index (χ3n) is 4.37. The molecule has 2 fully saturated rings. The Morgan fingerprint density at radius 3 is 2.84 bits per heavy atom. The molecule has 0 spiro atoms. The third-order valence-corrected chi connectivity index (χ3v) is 4.37. The number of rotatable bonds is 1. The highest BCUT2D eigenvalue weighted by atomic mass is 16.3. The van der Waals surface area contributed by atoms with Crippen molar-refractivity contribution in [1.29, 1.82) is 0 Å². The summed E-state index contributed by atoms with van der Waals surface area (Å²) in [5.41, 5.74) is 6.51. The van der Waals surface area contributed by atoms with Gasteiger partial charge < -0.3 is 20.8 Å².